The molecule has 0 bridgehead atoms. The molecule has 1 amide bonds. The van der Waals surface area contributed by atoms with Crippen molar-refractivity contribution in [1.82, 2.24) is 9.97 Å². The van der Waals surface area contributed by atoms with Gasteiger partial charge in [0.15, 0.2) is 0 Å². The van der Waals surface area contributed by atoms with E-state index in [0.29, 0.717) is 11.4 Å². The van der Waals surface area contributed by atoms with Crippen molar-refractivity contribution >= 4 is 17.5 Å². The number of nitrogens with two attached hydrogens (primary N) is 1. The van der Waals surface area contributed by atoms with E-state index in [1.165, 1.54) is 6.33 Å². The van der Waals surface area contributed by atoms with Crippen LogP contribution in [-0.2, 0) is 4.74 Å². The summed E-state index contributed by atoms with van der Waals surface area (Å²) in [6, 6.07) is 5.31. The Morgan fingerprint density at radius 1 is 1.19 bits per heavy atom. The number of hydrogen-bond donors (Lipinski definition) is 2. The Morgan fingerprint density at radius 3 is 2.43 bits per heavy atom. The molecule has 1 aromatic carbocycles. The molecule has 0 saturated carbocycles. The molecule has 0 aliphatic rings. The average Bonchev–Trinajstić information content (AvgIpc) is 2.40. The summed E-state index contributed by atoms with van der Waals surface area (Å²) in [5, 5.41) is 2.63. The van der Waals surface area contributed by atoms with Gasteiger partial charge >= 0.3 is 6.09 Å². The number of benzene rings is 1. The lowest BCUT2D eigenvalue weighted by Crippen LogP contribution is -2.27. The first-order valence-electron chi connectivity index (χ1n) is 6.50. The molecule has 1 heterocycles. The summed E-state index contributed by atoms with van der Waals surface area (Å²) in [7, 11) is 0. The largest absolute Gasteiger partial charge is 0.444 e. The molecule has 6 heteroatoms. The highest BCUT2D eigenvalue weighted by atomic mass is 16.6. The van der Waals surface area contributed by atoms with Gasteiger partial charge in [0, 0.05) is 18.0 Å². The zero-order valence-corrected chi connectivity index (χ0v) is 12.3. The van der Waals surface area contributed by atoms with Crippen molar-refractivity contribution in [3.63, 3.8) is 0 Å². The van der Waals surface area contributed by atoms with Crippen LogP contribution in [0.25, 0.3) is 11.1 Å². The molecule has 6 nitrogen and oxygen atoms in total. The SMILES string of the molecule is CC(C)(C)OC(=O)Nc1ccc(-c2cncnc2)cc1N. The first kappa shape index (κ1) is 14.8. The molecule has 0 fully saturated rings. The van der Waals surface area contributed by atoms with Crippen LogP contribution >= 0.6 is 0 Å². The van der Waals surface area contributed by atoms with Crippen LogP contribution in [-0.4, -0.2) is 21.7 Å². The standard InChI is InChI=1S/C15H18N4O2/c1-15(2,3)21-14(20)19-13-5-4-10(6-12(13)16)11-7-17-9-18-8-11/h4-9H,16H2,1-3H3,(H,19,20). The number of nitrogen functional groups attached to an aromatic ring is 1. The van der Waals surface area contributed by atoms with Gasteiger partial charge in [0.1, 0.15) is 11.9 Å². The average molecular weight is 286 g/mol. The molecule has 3 N–H and O–H groups in total. The predicted molar refractivity (Wildman–Crippen MR) is 81.7 cm³/mol. The second-order valence-electron chi connectivity index (χ2n) is 5.56. The van der Waals surface area contributed by atoms with Gasteiger partial charge in [-0.15, -0.1) is 0 Å². The maximum atomic E-state index is 11.7. The van der Waals surface area contributed by atoms with E-state index in [1.807, 2.05) is 6.07 Å². The third kappa shape index (κ3) is 4.17. The molecule has 0 atom stereocenters. The van der Waals surface area contributed by atoms with E-state index >= 15 is 0 Å². The molecule has 21 heavy (non-hydrogen) atoms. The summed E-state index contributed by atoms with van der Waals surface area (Å²) in [6.45, 7) is 5.40. The molecule has 2 aromatic rings. The zero-order valence-electron chi connectivity index (χ0n) is 12.3. The van der Waals surface area contributed by atoms with Gasteiger partial charge in [0.05, 0.1) is 11.4 Å². The highest BCUT2D eigenvalue weighted by Crippen LogP contribution is 2.26. The number of nitrogens with zero attached hydrogens (tertiary/aromatic N) is 2. The van der Waals surface area contributed by atoms with Gasteiger partial charge in [-0.05, 0) is 38.5 Å². The molecule has 0 aliphatic heterocycles. The van der Waals surface area contributed by atoms with Gasteiger partial charge in [0.25, 0.3) is 0 Å². The van der Waals surface area contributed by atoms with Crippen LogP contribution in [0.1, 0.15) is 20.8 Å². The van der Waals surface area contributed by atoms with Crippen molar-refractivity contribution < 1.29 is 9.53 Å². The summed E-state index contributed by atoms with van der Waals surface area (Å²) in [5.41, 5.74) is 8.09. The minimum absolute atomic E-state index is 0.446. The lowest BCUT2D eigenvalue weighted by molar-refractivity contribution is 0.0636. The Balaban J connectivity index is 2.15. The molecule has 0 radical (unpaired) electrons. The second-order valence-corrected chi connectivity index (χ2v) is 5.56. The Hall–Kier alpha value is -2.63. The van der Waals surface area contributed by atoms with Gasteiger partial charge < -0.3 is 10.5 Å². The highest BCUT2D eigenvalue weighted by Gasteiger charge is 2.17. The maximum Gasteiger partial charge on any atom is 0.412 e. The Morgan fingerprint density at radius 2 is 1.86 bits per heavy atom. The van der Waals surface area contributed by atoms with Crippen molar-refractivity contribution in [2.45, 2.75) is 26.4 Å². The Bertz CT molecular complexity index is 636. The van der Waals surface area contributed by atoms with E-state index in [-0.39, 0.29) is 0 Å². The molecule has 0 saturated heterocycles. The Labute approximate surface area is 123 Å². The number of nitrogens with one attached hydrogen (secondary N) is 1. The normalized spacial score (nSPS) is 11.0. The fourth-order valence-corrected chi connectivity index (χ4v) is 1.72. The number of amides is 1. The van der Waals surface area contributed by atoms with E-state index < -0.39 is 11.7 Å². The minimum atomic E-state index is -0.555. The van der Waals surface area contributed by atoms with E-state index in [1.54, 1.807) is 45.3 Å². The van der Waals surface area contributed by atoms with E-state index in [0.717, 1.165) is 11.1 Å². The van der Waals surface area contributed by atoms with Crippen LogP contribution in [0.2, 0.25) is 0 Å². The summed E-state index contributed by atoms with van der Waals surface area (Å²) in [5.74, 6) is 0. The number of rotatable bonds is 2. The molecule has 0 spiro atoms. The zero-order chi connectivity index (χ0) is 15.5. The third-order valence-corrected chi connectivity index (χ3v) is 2.58. The van der Waals surface area contributed by atoms with E-state index in [9.17, 15) is 4.79 Å². The van der Waals surface area contributed by atoms with Gasteiger partial charge in [0.2, 0.25) is 0 Å². The number of ether oxygens (including phenoxy) is 1. The number of hydrogen-bond acceptors (Lipinski definition) is 5. The molecule has 2 rings (SSSR count). The molecular formula is C15H18N4O2. The van der Waals surface area contributed by atoms with Crippen molar-refractivity contribution in [3.05, 3.63) is 36.9 Å². The van der Waals surface area contributed by atoms with Gasteiger partial charge in [-0.1, -0.05) is 6.07 Å². The Kier molecular flexibility index (Phi) is 4.07. The van der Waals surface area contributed by atoms with Crippen molar-refractivity contribution in [1.29, 1.82) is 0 Å². The second kappa shape index (κ2) is 5.78. The number of carbonyl (C=O) groups excluding carboxylic acids is 1. The van der Waals surface area contributed by atoms with Crippen LogP contribution in [0.5, 0.6) is 0 Å². The van der Waals surface area contributed by atoms with Crippen molar-refractivity contribution in [2.75, 3.05) is 11.1 Å². The summed E-state index contributed by atoms with van der Waals surface area (Å²) >= 11 is 0. The van der Waals surface area contributed by atoms with Crippen LogP contribution in [0.15, 0.2) is 36.9 Å². The number of carbonyl (C=O) groups is 1. The van der Waals surface area contributed by atoms with Crippen LogP contribution in [0.3, 0.4) is 0 Å². The molecular weight excluding hydrogens is 268 g/mol. The van der Waals surface area contributed by atoms with Crippen LogP contribution < -0.4 is 11.1 Å². The van der Waals surface area contributed by atoms with Crippen LogP contribution in [0, 0.1) is 0 Å². The van der Waals surface area contributed by atoms with Crippen molar-refractivity contribution in [2.24, 2.45) is 0 Å². The van der Waals surface area contributed by atoms with Crippen molar-refractivity contribution in [3.8, 4) is 11.1 Å². The predicted octanol–water partition coefficient (Wildman–Crippen LogP) is 3.07. The monoisotopic (exact) mass is 286 g/mol. The van der Waals surface area contributed by atoms with Gasteiger partial charge in [-0.25, -0.2) is 14.8 Å². The highest BCUT2D eigenvalue weighted by molar-refractivity contribution is 5.90. The smallest absolute Gasteiger partial charge is 0.412 e. The topological polar surface area (TPSA) is 90.1 Å². The molecule has 0 unspecified atom stereocenters. The summed E-state index contributed by atoms with van der Waals surface area (Å²) in [6.07, 6.45) is 4.32. The lowest BCUT2D eigenvalue weighted by Gasteiger charge is -2.20. The minimum Gasteiger partial charge on any atom is -0.444 e. The molecule has 110 valence electrons. The molecule has 1 aromatic heterocycles. The quantitative estimate of drug-likeness (QED) is 0.828. The molecule has 0 aliphatic carbocycles. The lowest BCUT2D eigenvalue weighted by atomic mass is 10.1. The number of aromatic nitrogens is 2. The van der Waals surface area contributed by atoms with E-state index in [4.69, 9.17) is 10.5 Å². The third-order valence-electron chi connectivity index (χ3n) is 2.58. The van der Waals surface area contributed by atoms with Gasteiger partial charge in [-0.2, -0.15) is 0 Å². The fourth-order valence-electron chi connectivity index (χ4n) is 1.72. The summed E-state index contributed by atoms with van der Waals surface area (Å²) in [4.78, 5) is 19.6. The first-order chi connectivity index (χ1) is 9.85. The summed E-state index contributed by atoms with van der Waals surface area (Å²) < 4.78 is 5.19. The van der Waals surface area contributed by atoms with Crippen LogP contribution in [0.4, 0.5) is 16.2 Å². The van der Waals surface area contributed by atoms with Gasteiger partial charge in [-0.3, -0.25) is 5.32 Å². The first-order valence-corrected chi connectivity index (χ1v) is 6.50. The fraction of sp³-hybridized carbons (Fsp3) is 0.267. The van der Waals surface area contributed by atoms with E-state index in [2.05, 4.69) is 15.3 Å². The maximum absolute atomic E-state index is 11.7. The number of anilines is 2.